The number of fused-ring (bicyclic) bond motifs is 4. The highest BCUT2D eigenvalue weighted by atomic mass is 16.6. The van der Waals surface area contributed by atoms with Crippen molar-refractivity contribution in [1.29, 1.82) is 0 Å². The largest absolute Gasteiger partial charge is 0.444 e. The van der Waals surface area contributed by atoms with Crippen molar-refractivity contribution in [2.24, 2.45) is 5.92 Å². The van der Waals surface area contributed by atoms with Gasteiger partial charge in [0.1, 0.15) is 11.3 Å². The predicted molar refractivity (Wildman–Crippen MR) is 139 cm³/mol. The summed E-state index contributed by atoms with van der Waals surface area (Å²) in [6.45, 7) is 7.17. The monoisotopic (exact) mass is 485 g/mol. The van der Waals surface area contributed by atoms with Crippen molar-refractivity contribution in [3.05, 3.63) is 88.3 Å². The fourth-order valence-corrected chi connectivity index (χ4v) is 5.16. The molecule has 0 saturated carbocycles. The summed E-state index contributed by atoms with van der Waals surface area (Å²) < 4.78 is 7.33. The number of carbonyl (C=O) groups is 2. The van der Waals surface area contributed by atoms with E-state index < -0.39 is 5.60 Å². The molecule has 36 heavy (non-hydrogen) atoms. The van der Waals surface area contributed by atoms with Crippen molar-refractivity contribution in [3.8, 4) is 11.1 Å². The summed E-state index contributed by atoms with van der Waals surface area (Å²) in [6.07, 6.45) is 0.619. The quantitative estimate of drug-likeness (QED) is 0.558. The number of nitrogens with zero attached hydrogens (tertiary/aromatic N) is 2. The van der Waals surface area contributed by atoms with Gasteiger partial charge in [-0.3, -0.25) is 9.59 Å². The zero-order valence-corrected chi connectivity index (χ0v) is 20.9. The smallest absolute Gasteiger partial charge is 0.410 e. The molecule has 0 spiro atoms. The Morgan fingerprint density at radius 3 is 2.28 bits per heavy atom. The highest BCUT2D eigenvalue weighted by Gasteiger charge is 2.38. The lowest BCUT2D eigenvalue weighted by molar-refractivity contribution is 0.0102. The molecular formula is C29H31N3O4. The third kappa shape index (κ3) is 4.91. The second-order valence-electron chi connectivity index (χ2n) is 10.7. The number of carbonyl (C=O) groups excluding carboxylic acids is 2. The second kappa shape index (κ2) is 9.30. The lowest BCUT2D eigenvalue weighted by Gasteiger charge is -2.43. The van der Waals surface area contributed by atoms with E-state index in [-0.39, 0.29) is 35.1 Å². The Bertz CT molecular complexity index is 1340. The first-order chi connectivity index (χ1) is 17.2. The van der Waals surface area contributed by atoms with Crippen LogP contribution in [0.3, 0.4) is 0 Å². The number of nitrogens with one attached hydrogen (secondary N) is 1. The van der Waals surface area contributed by atoms with Gasteiger partial charge in [-0.1, -0.05) is 42.5 Å². The molecule has 2 atom stereocenters. The van der Waals surface area contributed by atoms with Crippen molar-refractivity contribution >= 4 is 17.7 Å². The van der Waals surface area contributed by atoms with Crippen molar-refractivity contribution < 1.29 is 14.3 Å². The Morgan fingerprint density at radius 2 is 1.58 bits per heavy atom. The molecular weight excluding hydrogens is 454 g/mol. The summed E-state index contributed by atoms with van der Waals surface area (Å²) in [6, 6.07) is 20.9. The first-order valence-electron chi connectivity index (χ1n) is 12.4. The molecule has 2 aromatic carbocycles. The summed E-state index contributed by atoms with van der Waals surface area (Å²) >= 11 is 0. The number of piperidine rings is 1. The number of likely N-dealkylation sites (tertiary alicyclic amines) is 1. The van der Waals surface area contributed by atoms with Gasteiger partial charge in [0.25, 0.3) is 11.5 Å². The summed E-state index contributed by atoms with van der Waals surface area (Å²) in [4.78, 5) is 40.6. The molecule has 2 amide bonds. The van der Waals surface area contributed by atoms with E-state index in [9.17, 15) is 14.4 Å². The van der Waals surface area contributed by atoms with Gasteiger partial charge in [-0.2, -0.15) is 0 Å². The van der Waals surface area contributed by atoms with Crippen LogP contribution in [0.4, 0.5) is 10.5 Å². The van der Waals surface area contributed by atoms with Crippen LogP contribution >= 0.6 is 0 Å². The number of aromatic nitrogens is 1. The van der Waals surface area contributed by atoms with Crippen LogP contribution in [0.1, 0.15) is 49.2 Å². The number of hydrogen-bond donors (Lipinski definition) is 1. The minimum Gasteiger partial charge on any atom is -0.444 e. The molecule has 2 unspecified atom stereocenters. The van der Waals surface area contributed by atoms with Crippen LogP contribution in [0, 0.1) is 5.92 Å². The van der Waals surface area contributed by atoms with Crippen molar-refractivity contribution in [3.63, 3.8) is 0 Å². The molecule has 3 heterocycles. The third-order valence-electron chi connectivity index (χ3n) is 6.76. The van der Waals surface area contributed by atoms with Gasteiger partial charge in [-0.25, -0.2) is 4.79 Å². The molecule has 2 aliphatic heterocycles. The van der Waals surface area contributed by atoms with Gasteiger partial charge >= 0.3 is 6.09 Å². The van der Waals surface area contributed by atoms with Crippen LogP contribution < -0.4 is 10.9 Å². The Kier molecular flexibility index (Phi) is 6.16. The molecule has 186 valence electrons. The maximum atomic E-state index is 13.3. The molecule has 1 N–H and O–H groups in total. The fourth-order valence-electron chi connectivity index (χ4n) is 5.16. The van der Waals surface area contributed by atoms with Gasteiger partial charge in [-0.05, 0) is 68.5 Å². The van der Waals surface area contributed by atoms with Gasteiger partial charge < -0.3 is 19.5 Å². The van der Waals surface area contributed by atoms with E-state index in [2.05, 4.69) is 5.32 Å². The fraction of sp³-hybridized carbons (Fsp3) is 0.345. The Morgan fingerprint density at radius 1 is 0.889 bits per heavy atom. The van der Waals surface area contributed by atoms with Crippen molar-refractivity contribution in [1.82, 2.24) is 9.47 Å². The molecule has 7 nitrogen and oxygen atoms in total. The minimum absolute atomic E-state index is 0.0630. The van der Waals surface area contributed by atoms with Gasteiger partial charge in [-0.15, -0.1) is 0 Å². The number of benzene rings is 2. The van der Waals surface area contributed by atoms with Crippen LogP contribution in [-0.2, 0) is 11.3 Å². The summed E-state index contributed by atoms with van der Waals surface area (Å²) in [5.74, 6) is -0.0923. The van der Waals surface area contributed by atoms with Gasteiger partial charge in [0.15, 0.2) is 0 Å². The zero-order valence-electron chi connectivity index (χ0n) is 20.9. The van der Waals surface area contributed by atoms with E-state index in [1.807, 2.05) is 69.3 Å². The standard InChI is InChI=1S/C29H31N3O4/c1-29(2,3)36-28(35)31-16-19-15-23(18-31)25-14-13-24(27(34)32(25)17-19)30-26(33)22-11-9-21(10-12-22)20-7-5-4-6-8-20/h4-14,19,23H,15-18H2,1-3H3,(H,30,33). The lowest BCUT2D eigenvalue weighted by Crippen LogP contribution is -2.50. The third-order valence-corrected chi connectivity index (χ3v) is 6.76. The molecule has 1 aromatic heterocycles. The van der Waals surface area contributed by atoms with Gasteiger partial charge in [0.2, 0.25) is 0 Å². The van der Waals surface area contributed by atoms with Crippen molar-refractivity contribution in [2.75, 3.05) is 18.4 Å². The topological polar surface area (TPSA) is 80.6 Å². The number of rotatable bonds is 3. The first-order valence-corrected chi connectivity index (χ1v) is 12.4. The SMILES string of the molecule is CC(C)(C)OC(=O)N1CC2CC(C1)c1ccc(NC(=O)c3ccc(-c4ccccc4)cc3)c(=O)n1C2. The maximum Gasteiger partial charge on any atom is 0.410 e. The second-order valence-corrected chi connectivity index (χ2v) is 10.7. The number of pyridine rings is 1. The van der Waals surface area contributed by atoms with Crippen LogP contribution in [0.2, 0.25) is 0 Å². The molecule has 1 saturated heterocycles. The number of amides is 2. The van der Waals surface area contributed by atoms with Gasteiger partial charge in [0.05, 0.1) is 0 Å². The van der Waals surface area contributed by atoms with E-state index in [4.69, 9.17) is 4.74 Å². The van der Waals surface area contributed by atoms with Crippen LogP contribution in [0.5, 0.6) is 0 Å². The molecule has 0 radical (unpaired) electrons. The number of anilines is 1. The molecule has 2 aliphatic rings. The minimum atomic E-state index is -0.548. The average molecular weight is 486 g/mol. The molecule has 7 heteroatoms. The Balaban J connectivity index is 1.31. The molecule has 5 rings (SSSR count). The van der Waals surface area contributed by atoms with Crippen LogP contribution in [0.25, 0.3) is 11.1 Å². The van der Waals surface area contributed by atoms with Crippen LogP contribution in [-0.4, -0.2) is 40.2 Å². The Hall–Kier alpha value is -3.87. The first kappa shape index (κ1) is 23.9. The normalized spacial score (nSPS) is 18.8. The molecule has 1 fully saturated rings. The maximum absolute atomic E-state index is 13.3. The van der Waals surface area contributed by atoms with E-state index in [0.717, 1.165) is 23.2 Å². The molecule has 0 aliphatic carbocycles. The lowest BCUT2D eigenvalue weighted by atomic mass is 9.83. The summed E-state index contributed by atoms with van der Waals surface area (Å²) in [7, 11) is 0. The average Bonchev–Trinajstić information content (AvgIpc) is 2.85. The summed E-state index contributed by atoms with van der Waals surface area (Å²) in [5.41, 5.74) is 2.99. The van der Waals surface area contributed by atoms with E-state index in [1.165, 1.54) is 0 Å². The molecule has 2 bridgehead atoms. The highest BCUT2D eigenvalue weighted by molar-refractivity contribution is 6.04. The van der Waals surface area contributed by atoms with Crippen molar-refractivity contribution in [2.45, 2.75) is 45.3 Å². The van der Waals surface area contributed by atoms with Crippen LogP contribution in [0.15, 0.2) is 71.5 Å². The zero-order chi connectivity index (χ0) is 25.4. The highest BCUT2D eigenvalue weighted by Crippen LogP contribution is 2.36. The number of ether oxygens (including phenoxy) is 1. The molecule has 3 aromatic rings. The number of hydrogen-bond acceptors (Lipinski definition) is 4. The Labute approximate surface area is 210 Å². The van der Waals surface area contributed by atoms with E-state index >= 15 is 0 Å². The van der Waals surface area contributed by atoms with E-state index in [1.54, 1.807) is 27.7 Å². The van der Waals surface area contributed by atoms with E-state index in [0.29, 0.717) is 25.2 Å². The van der Waals surface area contributed by atoms with Gasteiger partial charge in [0, 0.05) is 36.8 Å². The predicted octanol–water partition coefficient (Wildman–Crippen LogP) is 5.12. The summed E-state index contributed by atoms with van der Waals surface area (Å²) in [5, 5.41) is 2.80.